The van der Waals surface area contributed by atoms with E-state index in [9.17, 15) is 10.1 Å². The Kier molecular flexibility index (Phi) is 4.40. The normalized spacial score (nSPS) is 14.6. The molecule has 124 valence electrons. The van der Waals surface area contributed by atoms with Crippen LogP contribution in [-0.2, 0) is 9.53 Å². The molecule has 0 radical (unpaired) electrons. The minimum Gasteiger partial charge on any atom is -0.465 e. The number of benzene rings is 2. The fourth-order valence-corrected chi connectivity index (χ4v) is 2.68. The molecule has 2 aromatic rings. The molecule has 0 atom stereocenters. The number of nitrogens with zero attached hydrogens (tertiary/aromatic N) is 1. The molecule has 0 N–H and O–H groups in total. The van der Waals surface area contributed by atoms with E-state index in [2.05, 4.69) is 0 Å². The second kappa shape index (κ2) is 6.66. The highest BCUT2D eigenvalue weighted by atomic mass is 16.5. The summed E-state index contributed by atoms with van der Waals surface area (Å²) < 4.78 is 10.8. The maximum absolute atomic E-state index is 12.1. The third-order valence-electron chi connectivity index (χ3n) is 4.03. The Morgan fingerprint density at radius 1 is 1.08 bits per heavy atom. The quantitative estimate of drug-likeness (QED) is 0.470. The summed E-state index contributed by atoms with van der Waals surface area (Å²) in [4.78, 5) is 12.1. The first-order chi connectivity index (χ1) is 12.0. The second-order valence-electron chi connectivity index (χ2n) is 5.87. The third-order valence-corrected chi connectivity index (χ3v) is 4.03. The molecule has 0 saturated heterocycles. The predicted octanol–water partition coefficient (Wildman–Crippen LogP) is 4.19. The van der Waals surface area contributed by atoms with Gasteiger partial charge in [-0.3, -0.25) is 0 Å². The fourth-order valence-electron chi connectivity index (χ4n) is 2.68. The Labute approximate surface area is 146 Å². The summed E-state index contributed by atoms with van der Waals surface area (Å²) >= 11 is 0. The molecule has 1 aliphatic rings. The summed E-state index contributed by atoms with van der Waals surface area (Å²) in [7, 11) is 1.27. The lowest BCUT2D eigenvalue weighted by Gasteiger charge is -2.21. The van der Waals surface area contributed by atoms with E-state index in [1.807, 2.05) is 62.4 Å². The number of esters is 1. The zero-order valence-electron chi connectivity index (χ0n) is 14.3. The van der Waals surface area contributed by atoms with E-state index in [-0.39, 0.29) is 5.57 Å². The van der Waals surface area contributed by atoms with Gasteiger partial charge >= 0.3 is 5.97 Å². The van der Waals surface area contributed by atoms with Crippen LogP contribution in [-0.4, -0.2) is 13.1 Å². The monoisotopic (exact) mass is 331 g/mol. The number of nitriles is 1. The van der Waals surface area contributed by atoms with Crippen molar-refractivity contribution in [2.45, 2.75) is 13.8 Å². The van der Waals surface area contributed by atoms with Crippen molar-refractivity contribution in [1.29, 1.82) is 5.26 Å². The van der Waals surface area contributed by atoms with Gasteiger partial charge in [-0.15, -0.1) is 0 Å². The van der Waals surface area contributed by atoms with Crippen molar-refractivity contribution in [1.82, 2.24) is 0 Å². The Hall–Kier alpha value is -3.32. The number of methoxy groups -OCH3 is 1. The maximum atomic E-state index is 12.1. The van der Waals surface area contributed by atoms with Gasteiger partial charge < -0.3 is 9.47 Å². The average molecular weight is 331 g/mol. The molecule has 0 aliphatic carbocycles. The van der Waals surface area contributed by atoms with Crippen LogP contribution in [0.15, 0.2) is 54.1 Å². The summed E-state index contributed by atoms with van der Waals surface area (Å²) in [6, 6.07) is 15.5. The molecule has 0 amide bonds. The van der Waals surface area contributed by atoms with Gasteiger partial charge in [0.2, 0.25) is 0 Å². The lowest BCUT2D eigenvalue weighted by Crippen LogP contribution is -2.10. The molecule has 0 spiro atoms. The van der Waals surface area contributed by atoms with Crippen LogP contribution in [0.2, 0.25) is 0 Å². The van der Waals surface area contributed by atoms with E-state index in [0.29, 0.717) is 22.6 Å². The molecule has 3 rings (SSSR count). The van der Waals surface area contributed by atoms with E-state index in [0.717, 1.165) is 16.7 Å². The molecule has 0 fully saturated rings. The summed E-state index contributed by atoms with van der Waals surface area (Å²) in [5, 5.41) is 9.49. The zero-order chi connectivity index (χ0) is 18.0. The van der Waals surface area contributed by atoms with Crippen LogP contribution in [0.5, 0.6) is 5.75 Å². The molecule has 2 aromatic carbocycles. The number of fused-ring (bicyclic) bond motifs is 1. The topological polar surface area (TPSA) is 59.3 Å². The van der Waals surface area contributed by atoms with Crippen LogP contribution in [0.25, 0.3) is 11.3 Å². The van der Waals surface area contributed by atoms with E-state index >= 15 is 0 Å². The molecule has 0 unspecified atom stereocenters. The van der Waals surface area contributed by atoms with Crippen LogP contribution in [0.3, 0.4) is 0 Å². The molecule has 4 nitrogen and oxygen atoms in total. The van der Waals surface area contributed by atoms with Crippen molar-refractivity contribution in [2.75, 3.05) is 7.11 Å². The Bertz CT molecular complexity index is 944. The van der Waals surface area contributed by atoms with Crippen LogP contribution >= 0.6 is 0 Å². The van der Waals surface area contributed by atoms with Gasteiger partial charge in [0.15, 0.2) is 0 Å². The first kappa shape index (κ1) is 16.5. The van der Waals surface area contributed by atoms with Crippen molar-refractivity contribution < 1.29 is 14.3 Å². The number of hydrogen-bond acceptors (Lipinski definition) is 4. The number of carbonyl (C=O) groups excluding carboxylic acids is 1. The van der Waals surface area contributed by atoms with Crippen LogP contribution < -0.4 is 4.74 Å². The van der Waals surface area contributed by atoms with Gasteiger partial charge in [-0.05, 0) is 32.1 Å². The number of rotatable bonds is 2. The van der Waals surface area contributed by atoms with Gasteiger partial charge in [-0.1, -0.05) is 41.5 Å². The highest BCUT2D eigenvalue weighted by Gasteiger charge is 2.24. The molecular formula is C21H17NO3. The van der Waals surface area contributed by atoms with Gasteiger partial charge in [0.1, 0.15) is 23.2 Å². The van der Waals surface area contributed by atoms with E-state index in [4.69, 9.17) is 9.47 Å². The number of aryl methyl sites for hydroxylation is 2. The third kappa shape index (κ3) is 3.17. The summed E-state index contributed by atoms with van der Waals surface area (Å²) in [5.74, 6) is 0.532. The number of ether oxygens (including phenoxy) is 2. The van der Waals surface area contributed by atoms with E-state index in [1.165, 1.54) is 7.11 Å². The number of carbonyl (C=O) groups is 1. The molecule has 0 aromatic heterocycles. The van der Waals surface area contributed by atoms with Crippen LogP contribution in [0.4, 0.5) is 0 Å². The van der Waals surface area contributed by atoms with Crippen molar-refractivity contribution in [2.24, 2.45) is 0 Å². The average Bonchev–Trinajstić information content (AvgIpc) is 2.62. The lowest BCUT2D eigenvalue weighted by molar-refractivity contribution is -0.135. The Morgan fingerprint density at radius 3 is 2.40 bits per heavy atom. The second-order valence-corrected chi connectivity index (χ2v) is 5.87. The maximum Gasteiger partial charge on any atom is 0.349 e. The smallest absolute Gasteiger partial charge is 0.349 e. The SMILES string of the molecule is COC(=O)/C(C#N)=C1/C=C(c2ccc(C)cc2)Oc2ccc(C)cc21. The van der Waals surface area contributed by atoms with Gasteiger partial charge in [0.05, 0.1) is 7.11 Å². The molecule has 25 heavy (non-hydrogen) atoms. The molecule has 1 heterocycles. The first-order valence-corrected chi connectivity index (χ1v) is 7.84. The summed E-state index contributed by atoms with van der Waals surface area (Å²) in [6.45, 7) is 3.95. The largest absolute Gasteiger partial charge is 0.465 e. The standard InChI is InChI=1S/C21H17NO3/c1-13-4-7-15(8-5-13)20-11-16(18(12-22)21(23)24-3)17-10-14(2)6-9-19(17)25-20/h4-11H,1-3H3/b18-16-. The van der Waals surface area contributed by atoms with Crippen molar-refractivity contribution >= 4 is 17.3 Å². The lowest BCUT2D eigenvalue weighted by atomic mass is 9.94. The molecule has 4 heteroatoms. The van der Waals surface area contributed by atoms with E-state index in [1.54, 1.807) is 6.08 Å². The Balaban J connectivity index is 2.24. The van der Waals surface area contributed by atoms with Crippen molar-refractivity contribution in [3.05, 3.63) is 76.4 Å². The van der Waals surface area contributed by atoms with E-state index < -0.39 is 5.97 Å². The summed E-state index contributed by atoms with van der Waals surface area (Å²) in [5.41, 5.74) is 4.19. The minimum absolute atomic E-state index is 0.0396. The van der Waals surface area contributed by atoms with Crippen molar-refractivity contribution in [3.8, 4) is 11.8 Å². The van der Waals surface area contributed by atoms with Crippen LogP contribution in [0.1, 0.15) is 22.3 Å². The number of hydrogen-bond donors (Lipinski definition) is 0. The first-order valence-electron chi connectivity index (χ1n) is 7.84. The fraction of sp³-hybridized carbons (Fsp3) is 0.143. The molecule has 0 bridgehead atoms. The molecule has 0 saturated carbocycles. The minimum atomic E-state index is -0.661. The summed E-state index contributed by atoms with van der Waals surface area (Å²) in [6.07, 6.45) is 1.72. The molecular weight excluding hydrogens is 314 g/mol. The highest BCUT2D eigenvalue weighted by molar-refractivity contribution is 6.06. The number of allylic oxidation sites excluding steroid dienone is 2. The van der Waals surface area contributed by atoms with Gasteiger partial charge in [0, 0.05) is 16.7 Å². The Morgan fingerprint density at radius 2 is 1.76 bits per heavy atom. The zero-order valence-corrected chi connectivity index (χ0v) is 14.3. The van der Waals surface area contributed by atoms with Gasteiger partial charge in [-0.25, -0.2) is 4.79 Å². The van der Waals surface area contributed by atoms with Gasteiger partial charge in [-0.2, -0.15) is 5.26 Å². The highest BCUT2D eigenvalue weighted by Crippen LogP contribution is 2.39. The molecule has 1 aliphatic heterocycles. The van der Waals surface area contributed by atoms with Crippen LogP contribution in [0, 0.1) is 25.2 Å². The van der Waals surface area contributed by atoms with Crippen molar-refractivity contribution in [3.63, 3.8) is 0 Å². The van der Waals surface area contributed by atoms with Gasteiger partial charge in [0.25, 0.3) is 0 Å². The predicted molar refractivity (Wildman–Crippen MR) is 95.5 cm³/mol.